The average Bonchev–Trinajstić information content (AvgIpc) is 3.49. The normalized spacial score (nSPS) is 20.1. The molecule has 3 N–H and O–H groups in total. The quantitative estimate of drug-likeness (QED) is 0.104. The van der Waals surface area contributed by atoms with E-state index in [9.17, 15) is 29.4 Å². The van der Waals surface area contributed by atoms with Gasteiger partial charge in [0.2, 0.25) is 11.8 Å². The second-order valence-corrected chi connectivity index (χ2v) is 16.3. The van der Waals surface area contributed by atoms with Crippen LogP contribution >= 0.6 is 0 Å². The van der Waals surface area contributed by atoms with Crippen LogP contribution in [0.2, 0.25) is 0 Å². The maximum atomic E-state index is 13.4. The largest absolute Gasteiger partial charge is 0.508 e. The molecule has 0 bridgehead atoms. The van der Waals surface area contributed by atoms with Gasteiger partial charge < -0.3 is 19.8 Å². The molecule has 0 aliphatic carbocycles. The molecule has 4 aliphatic heterocycles. The summed E-state index contributed by atoms with van der Waals surface area (Å²) in [5.74, 6) is 0.356. The summed E-state index contributed by atoms with van der Waals surface area (Å²) < 4.78 is 6.23. The van der Waals surface area contributed by atoms with Crippen LogP contribution in [0.15, 0.2) is 91.0 Å². The van der Waals surface area contributed by atoms with E-state index >= 15 is 0 Å². The molecule has 3 saturated heterocycles. The van der Waals surface area contributed by atoms with Gasteiger partial charge in [0.25, 0.3) is 11.8 Å². The van der Waals surface area contributed by atoms with Crippen LogP contribution in [0.3, 0.4) is 0 Å². The number of hydrogen-bond donors (Lipinski definition) is 3. The highest BCUT2D eigenvalue weighted by atomic mass is 16.5. The lowest BCUT2D eigenvalue weighted by Gasteiger charge is -2.37. The summed E-state index contributed by atoms with van der Waals surface area (Å²) in [4.78, 5) is 56.7. The predicted octanol–water partition coefficient (Wildman–Crippen LogP) is 6.84. The molecule has 4 aromatic carbocycles. The molecule has 0 saturated carbocycles. The molecule has 3 fully saturated rings. The van der Waals surface area contributed by atoms with E-state index < -0.39 is 23.8 Å². The van der Waals surface area contributed by atoms with Crippen LogP contribution < -0.4 is 10.1 Å². The van der Waals surface area contributed by atoms with Gasteiger partial charge in [-0.05, 0) is 158 Å². The van der Waals surface area contributed by atoms with E-state index in [0.717, 1.165) is 115 Å². The molecule has 4 heterocycles. The molecule has 0 aromatic heterocycles. The first-order chi connectivity index (χ1) is 28.6. The Morgan fingerprint density at radius 2 is 1.29 bits per heavy atom. The number of allylic oxidation sites excluding steroid dienone is 1. The molecule has 59 heavy (non-hydrogen) atoms. The number of benzene rings is 4. The fourth-order valence-electron chi connectivity index (χ4n) is 9.29. The average molecular weight is 797 g/mol. The van der Waals surface area contributed by atoms with Crippen molar-refractivity contribution in [1.82, 2.24) is 20.0 Å². The number of hydrogen-bond acceptors (Lipinski definition) is 9. The Morgan fingerprint density at radius 3 is 1.92 bits per heavy atom. The zero-order valence-electron chi connectivity index (χ0n) is 33.6. The van der Waals surface area contributed by atoms with Crippen LogP contribution in [0.1, 0.15) is 101 Å². The third-order valence-corrected chi connectivity index (χ3v) is 12.6. The number of nitrogens with one attached hydrogen (secondary N) is 1. The number of phenols is 2. The molecule has 11 nitrogen and oxygen atoms in total. The molecule has 11 heteroatoms. The van der Waals surface area contributed by atoms with Crippen molar-refractivity contribution in [2.45, 2.75) is 63.8 Å². The maximum absolute atomic E-state index is 13.4. The number of likely N-dealkylation sites (tertiary alicyclic amines) is 2. The highest BCUT2D eigenvalue weighted by molar-refractivity contribution is 6.23. The Hall–Kier alpha value is -5.78. The molecule has 306 valence electrons. The molecule has 0 radical (unpaired) electrons. The minimum Gasteiger partial charge on any atom is -0.508 e. The van der Waals surface area contributed by atoms with E-state index in [-0.39, 0.29) is 30.2 Å². The number of carbonyl (C=O) groups excluding carboxylic acids is 4. The van der Waals surface area contributed by atoms with E-state index in [1.807, 2.05) is 48.5 Å². The van der Waals surface area contributed by atoms with Gasteiger partial charge in [0.15, 0.2) is 0 Å². The Kier molecular flexibility index (Phi) is 11.9. The number of fused-ring (bicyclic) bond motifs is 1. The van der Waals surface area contributed by atoms with Crippen LogP contribution in [0.5, 0.6) is 17.2 Å². The lowest BCUT2D eigenvalue weighted by atomic mass is 9.87. The molecular formula is C48H52N4O7. The van der Waals surface area contributed by atoms with Crippen molar-refractivity contribution in [1.29, 1.82) is 0 Å². The van der Waals surface area contributed by atoms with E-state index in [2.05, 4.69) is 34.2 Å². The number of aromatic hydroxyl groups is 2. The fourth-order valence-corrected chi connectivity index (χ4v) is 9.29. The number of phenolic OH excluding ortho intramolecular Hbond substituents is 2. The predicted molar refractivity (Wildman–Crippen MR) is 225 cm³/mol. The number of piperidine rings is 3. The lowest BCUT2D eigenvalue weighted by Crippen LogP contribution is -2.54. The number of amides is 4. The maximum Gasteiger partial charge on any atom is 0.262 e. The Balaban J connectivity index is 0.791. The summed E-state index contributed by atoms with van der Waals surface area (Å²) >= 11 is 0. The smallest absolute Gasteiger partial charge is 0.262 e. The standard InChI is InChI=1S/C48H52N4O7/c1-2-40(33-3-10-37(53)11-4-33)45(34-5-12-38(54)13-6-34)35-7-14-39(15-8-35)59-28-27-50-23-19-31(20-24-50)30-51-25-21-32(22-26-51)36-9-16-41-42(29-36)48(58)52(47(41)57)43-17-18-44(55)49-46(43)56/h3-16,29,31-32,43,53-54H,2,17-28,30H2,1H3,(H,49,55,56). The second-order valence-electron chi connectivity index (χ2n) is 16.3. The minimum absolute atomic E-state index is 0.105. The van der Waals surface area contributed by atoms with Gasteiger partial charge in [0, 0.05) is 19.5 Å². The first-order valence-corrected chi connectivity index (χ1v) is 21.0. The fraction of sp³-hybridized carbons (Fsp3) is 0.375. The zero-order chi connectivity index (χ0) is 41.0. The summed E-state index contributed by atoms with van der Waals surface area (Å²) in [5, 5.41) is 22.1. The molecule has 4 aromatic rings. The van der Waals surface area contributed by atoms with Gasteiger partial charge in [-0.1, -0.05) is 49.4 Å². The van der Waals surface area contributed by atoms with E-state index in [0.29, 0.717) is 29.6 Å². The highest BCUT2D eigenvalue weighted by Crippen LogP contribution is 2.37. The van der Waals surface area contributed by atoms with Gasteiger partial charge in [-0.25, -0.2) is 0 Å². The molecule has 0 spiro atoms. The zero-order valence-corrected chi connectivity index (χ0v) is 33.6. The van der Waals surface area contributed by atoms with Gasteiger partial charge in [-0.2, -0.15) is 0 Å². The topological polar surface area (TPSA) is 140 Å². The molecule has 1 unspecified atom stereocenters. The van der Waals surface area contributed by atoms with Crippen molar-refractivity contribution in [3.05, 3.63) is 124 Å². The number of nitrogens with zero attached hydrogens (tertiary/aromatic N) is 3. The van der Waals surface area contributed by atoms with Crippen LogP contribution in [0, 0.1) is 5.92 Å². The van der Waals surface area contributed by atoms with Gasteiger partial charge in [0.1, 0.15) is 29.9 Å². The molecule has 1 atom stereocenters. The first-order valence-electron chi connectivity index (χ1n) is 21.0. The van der Waals surface area contributed by atoms with E-state index in [1.165, 1.54) is 0 Å². The summed E-state index contributed by atoms with van der Waals surface area (Å²) in [5.41, 5.74) is 7.07. The van der Waals surface area contributed by atoms with Crippen LogP contribution in [0.4, 0.5) is 0 Å². The van der Waals surface area contributed by atoms with Crippen molar-refractivity contribution < 1.29 is 34.1 Å². The van der Waals surface area contributed by atoms with Crippen molar-refractivity contribution in [2.75, 3.05) is 45.9 Å². The van der Waals surface area contributed by atoms with E-state index in [1.54, 1.807) is 30.3 Å². The Labute approximate surface area is 345 Å². The summed E-state index contributed by atoms with van der Waals surface area (Å²) in [6, 6.07) is 27.4. The Morgan fingerprint density at radius 1 is 0.695 bits per heavy atom. The Bertz CT molecular complexity index is 2220. The van der Waals surface area contributed by atoms with Crippen LogP contribution in [-0.4, -0.2) is 100 Å². The number of rotatable bonds is 12. The second kappa shape index (κ2) is 17.6. The lowest BCUT2D eigenvalue weighted by molar-refractivity contribution is -0.136. The third-order valence-electron chi connectivity index (χ3n) is 12.6. The number of carbonyl (C=O) groups is 4. The summed E-state index contributed by atoms with van der Waals surface area (Å²) in [7, 11) is 0. The molecular weight excluding hydrogens is 745 g/mol. The van der Waals surface area contributed by atoms with Gasteiger partial charge in [-0.3, -0.25) is 34.3 Å². The summed E-state index contributed by atoms with van der Waals surface area (Å²) in [6.07, 6.45) is 5.34. The van der Waals surface area contributed by atoms with Crippen molar-refractivity contribution in [2.24, 2.45) is 5.92 Å². The van der Waals surface area contributed by atoms with Gasteiger partial charge >= 0.3 is 0 Å². The minimum atomic E-state index is -0.953. The number of ether oxygens (including phenoxy) is 1. The van der Waals surface area contributed by atoms with Gasteiger partial charge in [-0.15, -0.1) is 0 Å². The van der Waals surface area contributed by atoms with Gasteiger partial charge in [0.05, 0.1) is 11.1 Å². The van der Waals surface area contributed by atoms with Crippen LogP contribution in [-0.2, 0) is 9.59 Å². The molecule has 4 amide bonds. The van der Waals surface area contributed by atoms with Crippen molar-refractivity contribution in [3.8, 4) is 17.2 Å². The SMILES string of the molecule is CCC(=C(c1ccc(O)cc1)c1ccc(OCCN2CCC(CN3CCC(c4ccc5c(c4)C(=O)N(C4CCC(=O)NC4=O)C5=O)CC3)CC2)cc1)c1ccc(O)cc1. The monoisotopic (exact) mass is 796 g/mol. The highest BCUT2D eigenvalue weighted by Gasteiger charge is 2.45. The van der Waals surface area contributed by atoms with Crippen molar-refractivity contribution >= 4 is 34.8 Å². The van der Waals surface area contributed by atoms with Crippen molar-refractivity contribution in [3.63, 3.8) is 0 Å². The third kappa shape index (κ3) is 8.82. The van der Waals surface area contributed by atoms with Crippen LogP contribution in [0.25, 0.3) is 11.1 Å². The van der Waals surface area contributed by atoms with E-state index in [4.69, 9.17) is 4.74 Å². The molecule has 8 rings (SSSR count). The number of imide groups is 2. The molecule has 4 aliphatic rings. The first kappa shape index (κ1) is 40.0. The summed E-state index contributed by atoms with van der Waals surface area (Å²) in [6.45, 7) is 8.80.